The number of benzene rings is 3. The molecule has 29 heavy (non-hydrogen) atoms. The Hall–Kier alpha value is -2.41. The third-order valence-corrected chi connectivity index (χ3v) is 6.87. The monoisotopic (exact) mass is 480 g/mol. The predicted molar refractivity (Wildman–Crippen MR) is 126 cm³/mol. The summed E-state index contributed by atoms with van der Waals surface area (Å²) in [6.45, 7) is 0. The maximum Gasteiger partial charge on any atom is 0.234 e. The van der Waals surface area contributed by atoms with Gasteiger partial charge in [0.1, 0.15) is 0 Å². The van der Waals surface area contributed by atoms with Crippen molar-refractivity contribution in [3.8, 4) is 21.7 Å². The van der Waals surface area contributed by atoms with Crippen LogP contribution in [0.4, 0.5) is 5.69 Å². The van der Waals surface area contributed by atoms with E-state index >= 15 is 0 Å². The number of halogens is 1. The largest absolute Gasteiger partial charge is 0.325 e. The minimum absolute atomic E-state index is 0.0502. The summed E-state index contributed by atoms with van der Waals surface area (Å²) in [7, 11) is 0. The Bertz CT molecular complexity index is 1060. The first-order valence-corrected chi connectivity index (χ1v) is 11.6. The highest BCUT2D eigenvalue weighted by Gasteiger charge is 2.16. The molecule has 0 saturated heterocycles. The molecular formula is C23H17BrN2OS2. The first-order chi connectivity index (χ1) is 14.2. The average Bonchev–Trinajstić information content (AvgIpc) is 3.18. The Labute approximate surface area is 186 Å². The molecule has 1 heterocycles. The lowest BCUT2D eigenvalue weighted by molar-refractivity contribution is -0.113. The van der Waals surface area contributed by atoms with E-state index in [9.17, 15) is 4.79 Å². The zero-order valence-corrected chi connectivity index (χ0v) is 18.6. The summed E-state index contributed by atoms with van der Waals surface area (Å²) in [6.07, 6.45) is 0. The van der Waals surface area contributed by atoms with Gasteiger partial charge in [-0.2, -0.15) is 0 Å². The lowest BCUT2D eigenvalue weighted by Crippen LogP contribution is -2.13. The fourth-order valence-electron chi connectivity index (χ4n) is 2.83. The zero-order chi connectivity index (χ0) is 20.1. The number of thiazole rings is 1. The van der Waals surface area contributed by atoms with Crippen molar-refractivity contribution in [3.63, 3.8) is 0 Å². The van der Waals surface area contributed by atoms with Gasteiger partial charge in [-0.05, 0) is 23.8 Å². The van der Waals surface area contributed by atoms with Crippen LogP contribution >= 0.6 is 39.0 Å². The average molecular weight is 481 g/mol. The highest BCUT2D eigenvalue weighted by molar-refractivity contribution is 9.10. The summed E-state index contributed by atoms with van der Waals surface area (Å²) in [5, 5.41) is 2.92. The summed E-state index contributed by atoms with van der Waals surface area (Å²) < 4.78 is 1.81. The Morgan fingerprint density at radius 2 is 1.62 bits per heavy atom. The van der Waals surface area contributed by atoms with Crippen LogP contribution in [0, 0.1) is 0 Å². The molecule has 0 atom stereocenters. The molecule has 0 aliphatic heterocycles. The zero-order valence-electron chi connectivity index (χ0n) is 15.3. The van der Waals surface area contributed by atoms with Crippen molar-refractivity contribution in [3.05, 3.63) is 89.4 Å². The second kappa shape index (κ2) is 9.39. The van der Waals surface area contributed by atoms with Gasteiger partial charge in [0.25, 0.3) is 0 Å². The van der Waals surface area contributed by atoms with E-state index in [4.69, 9.17) is 4.98 Å². The van der Waals surface area contributed by atoms with Crippen LogP contribution in [0.1, 0.15) is 0 Å². The molecule has 0 radical (unpaired) electrons. The van der Waals surface area contributed by atoms with Crippen molar-refractivity contribution in [1.82, 2.24) is 4.98 Å². The smallest absolute Gasteiger partial charge is 0.234 e. The lowest BCUT2D eigenvalue weighted by atomic mass is 10.1. The molecule has 0 spiro atoms. The number of thioether (sulfide) groups is 1. The number of hydrogen-bond donors (Lipinski definition) is 1. The van der Waals surface area contributed by atoms with Gasteiger partial charge in [-0.3, -0.25) is 4.79 Å². The molecule has 1 aromatic heterocycles. The number of rotatable bonds is 6. The van der Waals surface area contributed by atoms with E-state index in [0.29, 0.717) is 5.75 Å². The topological polar surface area (TPSA) is 42.0 Å². The fraction of sp³-hybridized carbons (Fsp3) is 0.0435. The van der Waals surface area contributed by atoms with Crippen LogP contribution < -0.4 is 5.32 Å². The first kappa shape index (κ1) is 19.9. The number of carbonyl (C=O) groups excluding carboxylic acids is 1. The first-order valence-electron chi connectivity index (χ1n) is 8.99. The predicted octanol–water partition coefficient (Wildman–Crippen LogP) is 6.97. The Morgan fingerprint density at radius 1 is 0.931 bits per heavy atom. The highest BCUT2D eigenvalue weighted by atomic mass is 79.9. The summed E-state index contributed by atoms with van der Waals surface area (Å²) in [5.74, 6) is 0.258. The number of hydrogen-bond acceptors (Lipinski definition) is 4. The van der Waals surface area contributed by atoms with Crippen LogP contribution in [-0.2, 0) is 4.79 Å². The van der Waals surface area contributed by atoms with Crippen molar-refractivity contribution >= 4 is 50.6 Å². The van der Waals surface area contributed by atoms with Crippen LogP contribution in [0.2, 0.25) is 0 Å². The Morgan fingerprint density at radius 3 is 2.31 bits per heavy atom. The summed E-state index contributed by atoms with van der Waals surface area (Å²) in [6, 6.07) is 28.0. The second-order valence-electron chi connectivity index (χ2n) is 6.24. The van der Waals surface area contributed by atoms with Gasteiger partial charge in [0.2, 0.25) is 5.91 Å². The summed E-state index contributed by atoms with van der Waals surface area (Å²) >= 11 is 6.50. The number of amides is 1. The molecule has 0 saturated carbocycles. The maximum absolute atomic E-state index is 12.4. The van der Waals surface area contributed by atoms with Gasteiger partial charge in [-0.15, -0.1) is 11.3 Å². The molecule has 0 aliphatic carbocycles. The van der Waals surface area contributed by atoms with Crippen molar-refractivity contribution in [2.75, 3.05) is 11.1 Å². The number of carbonyl (C=O) groups is 1. The van der Waals surface area contributed by atoms with Crippen molar-refractivity contribution in [2.45, 2.75) is 4.34 Å². The van der Waals surface area contributed by atoms with Gasteiger partial charge >= 0.3 is 0 Å². The molecule has 4 aromatic rings. The molecule has 4 rings (SSSR count). The summed E-state index contributed by atoms with van der Waals surface area (Å²) in [5.41, 5.74) is 3.94. The molecule has 1 amide bonds. The molecule has 0 unspecified atom stereocenters. The molecule has 3 nitrogen and oxygen atoms in total. The van der Waals surface area contributed by atoms with Crippen molar-refractivity contribution in [1.29, 1.82) is 0 Å². The molecule has 144 valence electrons. The number of aromatic nitrogens is 1. The fourth-order valence-corrected chi connectivity index (χ4v) is 5.20. The molecule has 3 aromatic carbocycles. The van der Waals surface area contributed by atoms with Gasteiger partial charge in [0, 0.05) is 15.7 Å². The van der Waals surface area contributed by atoms with Crippen LogP contribution in [-0.4, -0.2) is 16.6 Å². The molecule has 1 N–H and O–H groups in total. The van der Waals surface area contributed by atoms with E-state index in [1.807, 2.05) is 60.7 Å². The van der Waals surface area contributed by atoms with Crippen LogP contribution in [0.25, 0.3) is 21.7 Å². The van der Waals surface area contributed by atoms with Crippen LogP contribution in [0.5, 0.6) is 0 Å². The molecule has 0 aliphatic rings. The van der Waals surface area contributed by atoms with Crippen molar-refractivity contribution < 1.29 is 4.79 Å². The molecule has 0 fully saturated rings. The van der Waals surface area contributed by atoms with Crippen molar-refractivity contribution in [2.24, 2.45) is 0 Å². The Kier molecular flexibility index (Phi) is 6.44. The molecule has 6 heteroatoms. The number of anilines is 1. The Balaban J connectivity index is 1.53. The van der Waals surface area contributed by atoms with E-state index in [0.717, 1.165) is 36.2 Å². The SMILES string of the molecule is O=C(CSc1nc(-c2ccccc2)c(-c2ccccc2)s1)Nc1cccc(Br)c1. The normalized spacial score (nSPS) is 10.7. The number of nitrogens with zero attached hydrogens (tertiary/aromatic N) is 1. The van der Waals surface area contributed by atoms with Gasteiger partial charge in [-0.1, -0.05) is 94.4 Å². The van der Waals surface area contributed by atoms with E-state index in [1.54, 1.807) is 11.3 Å². The molecule has 0 bridgehead atoms. The third kappa shape index (κ3) is 5.15. The highest BCUT2D eigenvalue weighted by Crippen LogP contribution is 2.40. The lowest BCUT2D eigenvalue weighted by Gasteiger charge is -2.04. The minimum Gasteiger partial charge on any atom is -0.325 e. The van der Waals surface area contributed by atoms with Gasteiger partial charge in [-0.25, -0.2) is 4.98 Å². The number of nitrogens with one attached hydrogen (secondary N) is 1. The molecular weight excluding hydrogens is 464 g/mol. The van der Waals surface area contributed by atoms with Crippen LogP contribution in [0.3, 0.4) is 0 Å². The van der Waals surface area contributed by atoms with E-state index in [2.05, 4.69) is 45.5 Å². The van der Waals surface area contributed by atoms with Gasteiger partial charge < -0.3 is 5.32 Å². The standard InChI is InChI=1S/C23H17BrN2OS2/c24-18-12-7-13-19(14-18)25-20(27)15-28-23-26-21(16-8-3-1-4-9-16)22(29-23)17-10-5-2-6-11-17/h1-14H,15H2,(H,25,27). The maximum atomic E-state index is 12.4. The van der Waals surface area contributed by atoms with Crippen LogP contribution in [0.15, 0.2) is 93.7 Å². The minimum atomic E-state index is -0.0502. The van der Waals surface area contributed by atoms with Gasteiger partial charge in [0.05, 0.1) is 16.3 Å². The van der Waals surface area contributed by atoms with Gasteiger partial charge in [0.15, 0.2) is 4.34 Å². The second-order valence-corrected chi connectivity index (χ2v) is 9.37. The third-order valence-electron chi connectivity index (χ3n) is 4.13. The quantitative estimate of drug-likeness (QED) is 0.303. The summed E-state index contributed by atoms with van der Waals surface area (Å²) in [4.78, 5) is 18.3. The van der Waals surface area contributed by atoms with E-state index in [-0.39, 0.29) is 5.91 Å². The van der Waals surface area contributed by atoms with E-state index in [1.165, 1.54) is 11.8 Å². The van der Waals surface area contributed by atoms with E-state index < -0.39 is 0 Å².